The smallest absolute Gasteiger partial charge is 0.412 e. The molecule has 0 aliphatic carbocycles. The van der Waals surface area contributed by atoms with Crippen LogP contribution in [-0.4, -0.2) is 53.7 Å². The lowest BCUT2D eigenvalue weighted by atomic mass is 9.99. The number of nitrogens with zero attached hydrogens (tertiary/aromatic N) is 3. The highest BCUT2D eigenvalue weighted by molar-refractivity contribution is 5.93. The highest BCUT2D eigenvalue weighted by Crippen LogP contribution is 2.33. The largest absolute Gasteiger partial charge is 0.453 e. The summed E-state index contributed by atoms with van der Waals surface area (Å²) in [5.41, 5.74) is 0.826. The van der Waals surface area contributed by atoms with Crippen molar-refractivity contribution < 1.29 is 14.3 Å². The number of fused-ring (bicyclic) bond motifs is 3. The quantitative estimate of drug-likeness (QED) is 0.860. The predicted molar refractivity (Wildman–Crippen MR) is 75.4 cm³/mol. The molecule has 0 aromatic carbocycles. The second-order valence-corrected chi connectivity index (χ2v) is 5.30. The number of carbonyl (C=O) groups excluding carboxylic acids is 1. The van der Waals surface area contributed by atoms with Crippen molar-refractivity contribution in [2.24, 2.45) is 0 Å². The average Bonchev–Trinajstić information content (AvgIpc) is 2.89. The number of H-pyrrole nitrogens is 1. The van der Waals surface area contributed by atoms with Crippen molar-refractivity contribution in [2.75, 3.05) is 30.4 Å². The van der Waals surface area contributed by atoms with Crippen LogP contribution in [0.25, 0.3) is 10.9 Å². The lowest BCUT2D eigenvalue weighted by Gasteiger charge is -2.47. The fourth-order valence-electron chi connectivity index (χ4n) is 2.89. The van der Waals surface area contributed by atoms with E-state index < -0.39 is 6.09 Å². The molecule has 5 heterocycles. The Bertz CT molecular complexity index is 684. The summed E-state index contributed by atoms with van der Waals surface area (Å²) in [6, 6.07) is 1.74. The SMILES string of the molecule is COC(=O)Nc1cc2[nH]nc(N3CC4CC(C3)O4)c2cn1. The van der Waals surface area contributed by atoms with Gasteiger partial charge in [-0.3, -0.25) is 10.4 Å². The van der Waals surface area contributed by atoms with E-state index in [1.807, 2.05) is 0 Å². The van der Waals surface area contributed by atoms with Gasteiger partial charge in [0.05, 0.1) is 30.2 Å². The van der Waals surface area contributed by atoms with Gasteiger partial charge in [-0.05, 0) is 0 Å². The number of amides is 1. The second-order valence-electron chi connectivity index (χ2n) is 5.30. The summed E-state index contributed by atoms with van der Waals surface area (Å²) in [5, 5.41) is 10.8. The van der Waals surface area contributed by atoms with Gasteiger partial charge < -0.3 is 14.4 Å². The lowest BCUT2D eigenvalue weighted by molar-refractivity contribution is -0.133. The summed E-state index contributed by atoms with van der Waals surface area (Å²) in [6.45, 7) is 1.72. The first-order valence-corrected chi connectivity index (χ1v) is 6.82. The molecule has 0 spiro atoms. The van der Waals surface area contributed by atoms with Crippen molar-refractivity contribution >= 4 is 28.6 Å². The summed E-state index contributed by atoms with van der Waals surface area (Å²) >= 11 is 0. The molecule has 21 heavy (non-hydrogen) atoms. The van der Waals surface area contributed by atoms with Crippen molar-refractivity contribution in [3.63, 3.8) is 0 Å². The topological polar surface area (TPSA) is 92.4 Å². The number of piperidine rings is 1. The molecule has 2 aromatic rings. The Labute approximate surface area is 120 Å². The van der Waals surface area contributed by atoms with Crippen molar-refractivity contribution in [3.05, 3.63) is 12.3 Å². The molecule has 2 unspecified atom stereocenters. The molecule has 3 fully saturated rings. The number of aromatic nitrogens is 3. The van der Waals surface area contributed by atoms with Gasteiger partial charge >= 0.3 is 6.09 Å². The normalized spacial score (nSPS) is 23.8. The van der Waals surface area contributed by atoms with Gasteiger partial charge in [-0.1, -0.05) is 0 Å². The molecular formula is C13H15N5O3. The number of morpholine rings is 1. The maximum Gasteiger partial charge on any atom is 0.412 e. The average molecular weight is 289 g/mol. The minimum absolute atomic E-state index is 0.323. The first-order chi connectivity index (χ1) is 10.2. The van der Waals surface area contributed by atoms with Crippen molar-refractivity contribution in [3.8, 4) is 0 Å². The highest BCUT2D eigenvalue weighted by atomic mass is 16.5. The molecule has 2 N–H and O–H groups in total. The minimum atomic E-state index is -0.546. The number of methoxy groups -OCH3 is 1. The zero-order valence-electron chi connectivity index (χ0n) is 11.5. The van der Waals surface area contributed by atoms with Crippen molar-refractivity contribution in [1.29, 1.82) is 0 Å². The molecule has 2 atom stereocenters. The van der Waals surface area contributed by atoms with Crippen molar-refractivity contribution in [1.82, 2.24) is 15.2 Å². The third-order valence-corrected chi connectivity index (χ3v) is 3.90. The maximum absolute atomic E-state index is 11.2. The fourth-order valence-corrected chi connectivity index (χ4v) is 2.89. The van der Waals surface area contributed by atoms with Gasteiger partial charge in [0.25, 0.3) is 0 Å². The Hall–Kier alpha value is -2.35. The standard InChI is InChI=1S/C13H15N5O3/c1-20-13(19)15-11-3-10-9(4-14-11)12(17-16-10)18-5-7-2-8(6-18)21-7/h3-4,7-8H,2,5-6H2,1H3,(H,16,17)(H,14,15,19). The van der Waals surface area contributed by atoms with Crippen LogP contribution in [0.15, 0.2) is 12.3 Å². The number of aromatic amines is 1. The summed E-state index contributed by atoms with van der Waals surface area (Å²) in [6.07, 6.45) is 2.95. The van der Waals surface area contributed by atoms with Gasteiger partial charge in [0.1, 0.15) is 5.82 Å². The van der Waals surface area contributed by atoms with Crippen molar-refractivity contribution in [2.45, 2.75) is 18.6 Å². The van der Waals surface area contributed by atoms with E-state index in [1.165, 1.54) is 7.11 Å². The van der Waals surface area contributed by atoms with Crippen LogP contribution in [0.2, 0.25) is 0 Å². The van der Waals surface area contributed by atoms with Gasteiger partial charge in [0.15, 0.2) is 5.82 Å². The molecule has 2 aromatic heterocycles. The Kier molecular flexibility index (Phi) is 2.71. The molecule has 5 rings (SSSR count). The van der Waals surface area contributed by atoms with Gasteiger partial charge in [-0.15, -0.1) is 0 Å². The molecule has 8 heteroatoms. The van der Waals surface area contributed by atoms with E-state index in [-0.39, 0.29) is 0 Å². The molecule has 110 valence electrons. The first kappa shape index (κ1) is 12.4. The monoisotopic (exact) mass is 289 g/mol. The molecular weight excluding hydrogens is 274 g/mol. The van der Waals surface area contributed by atoms with Crippen LogP contribution in [0.1, 0.15) is 6.42 Å². The molecule has 0 radical (unpaired) electrons. The number of pyridine rings is 1. The Morgan fingerprint density at radius 3 is 3.00 bits per heavy atom. The van der Waals surface area contributed by atoms with E-state index in [0.29, 0.717) is 18.0 Å². The van der Waals surface area contributed by atoms with E-state index in [1.54, 1.807) is 12.3 Å². The zero-order valence-corrected chi connectivity index (χ0v) is 11.5. The van der Waals surface area contributed by atoms with Crippen LogP contribution in [0, 0.1) is 0 Å². The number of anilines is 2. The fraction of sp³-hybridized carbons (Fsp3) is 0.462. The van der Waals surface area contributed by atoms with Gasteiger partial charge in [0, 0.05) is 31.8 Å². The highest BCUT2D eigenvalue weighted by Gasteiger charge is 2.39. The summed E-state index contributed by atoms with van der Waals surface area (Å²) < 4.78 is 10.2. The molecule has 2 bridgehead atoms. The minimum Gasteiger partial charge on any atom is -0.453 e. The molecule has 3 aliphatic rings. The Morgan fingerprint density at radius 2 is 2.29 bits per heavy atom. The molecule has 8 nitrogen and oxygen atoms in total. The number of rotatable bonds is 2. The number of ether oxygens (including phenoxy) is 2. The number of carbonyl (C=O) groups is 1. The molecule has 1 amide bonds. The van der Waals surface area contributed by atoms with Crippen LogP contribution in [0.5, 0.6) is 0 Å². The zero-order chi connectivity index (χ0) is 14.4. The first-order valence-electron chi connectivity index (χ1n) is 6.82. The van der Waals surface area contributed by atoms with E-state index >= 15 is 0 Å². The van der Waals surface area contributed by atoms with Gasteiger partial charge in [-0.2, -0.15) is 5.10 Å². The third-order valence-electron chi connectivity index (χ3n) is 3.90. The van der Waals surface area contributed by atoms with E-state index in [2.05, 4.69) is 30.1 Å². The Morgan fingerprint density at radius 1 is 1.52 bits per heavy atom. The van der Waals surface area contributed by atoms with Crippen LogP contribution in [0.4, 0.5) is 16.4 Å². The van der Waals surface area contributed by atoms with Crippen LogP contribution >= 0.6 is 0 Å². The van der Waals surface area contributed by atoms with Crippen LogP contribution < -0.4 is 10.2 Å². The molecule has 3 saturated heterocycles. The maximum atomic E-state index is 11.2. The van der Waals surface area contributed by atoms with Gasteiger partial charge in [0.2, 0.25) is 0 Å². The van der Waals surface area contributed by atoms with E-state index in [4.69, 9.17) is 4.74 Å². The number of hydrogen-bond donors (Lipinski definition) is 2. The third kappa shape index (κ3) is 2.07. The van der Waals surface area contributed by atoms with E-state index in [0.717, 1.165) is 36.2 Å². The lowest BCUT2D eigenvalue weighted by Crippen LogP contribution is -2.57. The second kappa shape index (κ2) is 4.59. The van der Waals surface area contributed by atoms with E-state index in [9.17, 15) is 4.79 Å². The number of hydrogen-bond acceptors (Lipinski definition) is 6. The summed E-state index contributed by atoms with van der Waals surface area (Å²) in [7, 11) is 1.31. The number of nitrogens with one attached hydrogen (secondary N) is 2. The van der Waals surface area contributed by atoms with Crippen LogP contribution in [-0.2, 0) is 9.47 Å². The molecule has 3 aliphatic heterocycles. The predicted octanol–water partition coefficient (Wildman–Crippen LogP) is 1.11. The molecule has 0 saturated carbocycles. The Balaban J connectivity index is 1.61. The van der Waals surface area contributed by atoms with Gasteiger partial charge in [-0.25, -0.2) is 9.78 Å². The van der Waals surface area contributed by atoms with Crippen LogP contribution in [0.3, 0.4) is 0 Å². The summed E-state index contributed by atoms with van der Waals surface area (Å²) in [4.78, 5) is 17.6. The summed E-state index contributed by atoms with van der Waals surface area (Å²) in [5.74, 6) is 1.31.